The molecule has 0 N–H and O–H groups in total. The molecular formula is C24H33N3S2. The summed E-state index contributed by atoms with van der Waals surface area (Å²) in [6.45, 7) is 11.3. The smallest absolute Gasteiger partial charge is 0.127 e. The van der Waals surface area contributed by atoms with E-state index in [4.69, 9.17) is 4.98 Å². The molecule has 156 valence electrons. The second-order valence-electron chi connectivity index (χ2n) is 9.59. The van der Waals surface area contributed by atoms with Crippen molar-refractivity contribution in [3.05, 3.63) is 38.8 Å². The first-order chi connectivity index (χ1) is 13.8. The van der Waals surface area contributed by atoms with E-state index in [1.807, 2.05) is 11.3 Å². The van der Waals surface area contributed by atoms with Crippen molar-refractivity contribution >= 4 is 32.9 Å². The number of rotatable bonds is 6. The Labute approximate surface area is 183 Å². The Morgan fingerprint density at radius 3 is 2.48 bits per heavy atom. The third-order valence-electron chi connectivity index (χ3n) is 6.57. The molecule has 1 aromatic carbocycles. The Balaban J connectivity index is 1.55. The minimum atomic E-state index is -0.140. The van der Waals surface area contributed by atoms with Crippen LogP contribution < -0.4 is 0 Å². The van der Waals surface area contributed by atoms with E-state index in [1.165, 1.54) is 47.4 Å². The quantitative estimate of drug-likeness (QED) is 0.412. The Hall–Kier alpha value is -1.33. The van der Waals surface area contributed by atoms with Gasteiger partial charge in [0.05, 0.1) is 15.2 Å². The summed E-state index contributed by atoms with van der Waals surface area (Å²) in [7, 11) is 0. The topological polar surface area (TPSA) is 38.7 Å². The van der Waals surface area contributed by atoms with Crippen LogP contribution in [0.15, 0.2) is 18.2 Å². The number of aromatic nitrogens is 3. The second-order valence-corrected chi connectivity index (χ2v) is 11.7. The van der Waals surface area contributed by atoms with Gasteiger partial charge < -0.3 is 0 Å². The molecular weight excluding hydrogens is 394 g/mol. The van der Waals surface area contributed by atoms with Crippen LogP contribution in [0.2, 0.25) is 0 Å². The molecule has 1 aliphatic rings. The number of hydrogen-bond donors (Lipinski definition) is 0. The zero-order valence-corrected chi connectivity index (χ0v) is 20.0. The van der Waals surface area contributed by atoms with Gasteiger partial charge in [0.25, 0.3) is 0 Å². The van der Waals surface area contributed by atoms with Gasteiger partial charge in [-0.15, -0.1) is 32.9 Å². The number of fused-ring (bicyclic) bond motifs is 1. The van der Waals surface area contributed by atoms with E-state index in [1.54, 1.807) is 11.3 Å². The summed E-state index contributed by atoms with van der Waals surface area (Å²) < 4.78 is 1.30. The predicted octanol–water partition coefficient (Wildman–Crippen LogP) is 7.36. The number of nitrogens with zero attached hydrogens (tertiary/aromatic N) is 3. The van der Waals surface area contributed by atoms with Gasteiger partial charge in [-0.1, -0.05) is 58.9 Å². The molecule has 0 bridgehead atoms. The van der Waals surface area contributed by atoms with Crippen molar-refractivity contribution in [3.63, 3.8) is 0 Å². The molecule has 29 heavy (non-hydrogen) atoms. The maximum Gasteiger partial charge on any atom is 0.127 e. The lowest BCUT2D eigenvalue weighted by Gasteiger charge is -2.27. The van der Waals surface area contributed by atoms with Crippen LogP contribution in [0.5, 0.6) is 0 Å². The SMILES string of the molecule is CC(C)c1nnc(C(C)(C)c2ccc3nc(CC(C)C4CCCCC4)sc3c2)s1. The van der Waals surface area contributed by atoms with Crippen molar-refractivity contribution in [1.82, 2.24) is 15.2 Å². The van der Waals surface area contributed by atoms with Crippen LogP contribution in [-0.4, -0.2) is 15.2 Å². The first-order valence-electron chi connectivity index (χ1n) is 11.1. The summed E-state index contributed by atoms with van der Waals surface area (Å²) in [5.74, 6) is 2.05. The van der Waals surface area contributed by atoms with Crippen molar-refractivity contribution in [2.24, 2.45) is 11.8 Å². The summed E-state index contributed by atoms with van der Waals surface area (Å²) in [4.78, 5) is 4.96. The molecule has 1 aliphatic carbocycles. The van der Waals surface area contributed by atoms with Crippen LogP contribution >= 0.6 is 22.7 Å². The fraction of sp³-hybridized carbons (Fsp3) is 0.625. The summed E-state index contributed by atoms with van der Waals surface area (Å²) in [6.07, 6.45) is 8.19. The number of benzene rings is 1. The van der Waals surface area contributed by atoms with Crippen molar-refractivity contribution in [2.75, 3.05) is 0 Å². The lowest BCUT2D eigenvalue weighted by molar-refractivity contribution is 0.262. The van der Waals surface area contributed by atoms with Gasteiger partial charge in [0.15, 0.2) is 0 Å². The van der Waals surface area contributed by atoms with Crippen LogP contribution in [0, 0.1) is 11.8 Å². The van der Waals surface area contributed by atoms with E-state index in [9.17, 15) is 0 Å². The monoisotopic (exact) mass is 427 g/mol. The first-order valence-corrected chi connectivity index (χ1v) is 12.7. The maximum absolute atomic E-state index is 4.96. The highest BCUT2D eigenvalue weighted by molar-refractivity contribution is 7.18. The van der Waals surface area contributed by atoms with Gasteiger partial charge in [-0.2, -0.15) is 0 Å². The molecule has 0 aliphatic heterocycles. The second kappa shape index (κ2) is 8.43. The number of thiazole rings is 1. The van der Waals surface area contributed by atoms with Gasteiger partial charge in [-0.3, -0.25) is 0 Å². The highest BCUT2D eigenvalue weighted by Crippen LogP contribution is 2.38. The van der Waals surface area contributed by atoms with Gasteiger partial charge in [0, 0.05) is 17.8 Å². The third-order valence-corrected chi connectivity index (χ3v) is 9.16. The van der Waals surface area contributed by atoms with E-state index in [0.29, 0.717) is 5.92 Å². The largest absolute Gasteiger partial charge is 0.241 e. The summed E-state index contributed by atoms with van der Waals surface area (Å²) in [6, 6.07) is 6.76. The molecule has 0 radical (unpaired) electrons. The van der Waals surface area contributed by atoms with Crippen molar-refractivity contribution < 1.29 is 0 Å². The maximum atomic E-state index is 4.96. The van der Waals surface area contributed by atoms with E-state index >= 15 is 0 Å². The van der Waals surface area contributed by atoms with Gasteiger partial charge in [0.2, 0.25) is 0 Å². The van der Waals surface area contributed by atoms with Crippen LogP contribution in [0.4, 0.5) is 0 Å². The van der Waals surface area contributed by atoms with Crippen LogP contribution in [0.3, 0.4) is 0 Å². The average Bonchev–Trinajstić information content (AvgIpc) is 3.35. The molecule has 1 fully saturated rings. The van der Waals surface area contributed by atoms with Crippen molar-refractivity contribution in [1.29, 1.82) is 0 Å². The fourth-order valence-electron chi connectivity index (χ4n) is 4.44. The molecule has 2 aromatic heterocycles. The normalized spacial score (nSPS) is 17.3. The molecule has 0 amide bonds. The minimum Gasteiger partial charge on any atom is -0.241 e. The first kappa shape index (κ1) is 20.9. The van der Waals surface area contributed by atoms with E-state index in [-0.39, 0.29) is 5.41 Å². The Morgan fingerprint density at radius 1 is 1.03 bits per heavy atom. The highest BCUT2D eigenvalue weighted by atomic mass is 32.1. The Morgan fingerprint density at radius 2 is 1.79 bits per heavy atom. The van der Waals surface area contributed by atoms with Gasteiger partial charge in [0.1, 0.15) is 10.0 Å². The molecule has 5 heteroatoms. The molecule has 1 saturated carbocycles. The Bertz CT molecular complexity index is 964. The molecule has 1 unspecified atom stereocenters. The van der Waals surface area contributed by atoms with Gasteiger partial charge in [-0.05, 0) is 43.4 Å². The molecule has 0 spiro atoms. The standard InChI is InChI=1S/C24H33N3S2/c1-15(2)22-26-27-23(29-22)24(4,5)18-11-12-19-20(14-18)28-21(25-19)13-16(3)17-9-7-6-8-10-17/h11-12,14-17H,6-10,13H2,1-5H3. The molecule has 4 rings (SSSR count). The molecule has 1 atom stereocenters. The zero-order valence-electron chi connectivity index (χ0n) is 18.4. The molecule has 0 saturated heterocycles. The minimum absolute atomic E-state index is 0.140. The van der Waals surface area contributed by atoms with E-state index < -0.39 is 0 Å². The summed E-state index contributed by atoms with van der Waals surface area (Å²) in [5, 5.41) is 12.4. The summed E-state index contributed by atoms with van der Waals surface area (Å²) in [5.41, 5.74) is 2.30. The van der Waals surface area contributed by atoms with Gasteiger partial charge in [-0.25, -0.2) is 4.98 Å². The van der Waals surface area contributed by atoms with E-state index in [0.717, 1.165) is 33.8 Å². The molecule has 3 nitrogen and oxygen atoms in total. The van der Waals surface area contributed by atoms with Crippen LogP contribution in [0.25, 0.3) is 10.2 Å². The van der Waals surface area contributed by atoms with Crippen LogP contribution in [-0.2, 0) is 11.8 Å². The number of hydrogen-bond acceptors (Lipinski definition) is 5. The lowest BCUT2D eigenvalue weighted by atomic mass is 9.80. The Kier molecular flexibility index (Phi) is 6.08. The highest BCUT2D eigenvalue weighted by Gasteiger charge is 2.29. The average molecular weight is 428 g/mol. The van der Waals surface area contributed by atoms with Crippen molar-refractivity contribution in [3.8, 4) is 0 Å². The summed E-state index contributed by atoms with van der Waals surface area (Å²) >= 11 is 3.62. The fourth-order valence-corrected chi connectivity index (χ4v) is 6.56. The van der Waals surface area contributed by atoms with Crippen molar-refractivity contribution in [2.45, 2.75) is 84.5 Å². The van der Waals surface area contributed by atoms with Gasteiger partial charge >= 0.3 is 0 Å². The third kappa shape index (κ3) is 4.41. The predicted molar refractivity (Wildman–Crippen MR) is 125 cm³/mol. The lowest BCUT2D eigenvalue weighted by Crippen LogP contribution is -2.18. The van der Waals surface area contributed by atoms with Crippen LogP contribution in [0.1, 0.15) is 93.2 Å². The molecule has 2 heterocycles. The zero-order chi connectivity index (χ0) is 20.6. The van der Waals surface area contributed by atoms with E-state index in [2.05, 4.69) is 63.0 Å². The molecule has 3 aromatic rings.